The number of rotatable bonds is 3. The van der Waals surface area contributed by atoms with E-state index in [1.165, 1.54) is 6.20 Å². The number of aromatic nitrogens is 1. The molecule has 0 aliphatic carbocycles. The molecule has 5 heteroatoms. The molecular weight excluding hydrogens is 270 g/mol. The Labute approximate surface area is 112 Å². The van der Waals surface area contributed by atoms with Crippen LogP contribution in [-0.2, 0) is 9.84 Å². The number of fused-ring (bicyclic) bond motifs is 1. The fourth-order valence-electron chi connectivity index (χ4n) is 1.88. The van der Waals surface area contributed by atoms with Crippen LogP contribution in [0.2, 0.25) is 5.15 Å². The quantitative estimate of drug-likeness (QED) is 0.813. The fraction of sp³-hybridized carbons (Fsp3) is 0.231. The molecule has 2 rings (SSSR count). The molecule has 95 valence electrons. The summed E-state index contributed by atoms with van der Waals surface area (Å²) in [5.41, 5.74) is 0. The lowest BCUT2D eigenvalue weighted by Gasteiger charge is -2.10. The van der Waals surface area contributed by atoms with Gasteiger partial charge in [-0.1, -0.05) is 30.7 Å². The van der Waals surface area contributed by atoms with Crippen molar-refractivity contribution in [3.05, 3.63) is 42.5 Å². The zero-order valence-corrected chi connectivity index (χ0v) is 11.5. The van der Waals surface area contributed by atoms with Gasteiger partial charge in [0.05, 0.1) is 10.6 Å². The zero-order chi connectivity index (χ0) is 13.3. The van der Waals surface area contributed by atoms with E-state index in [1.807, 2.05) is 0 Å². The summed E-state index contributed by atoms with van der Waals surface area (Å²) >= 11 is 5.97. The number of sulfone groups is 1. The second kappa shape index (κ2) is 4.86. The van der Waals surface area contributed by atoms with Gasteiger partial charge in [-0.05, 0) is 25.0 Å². The number of hydrogen-bond acceptors (Lipinski definition) is 3. The van der Waals surface area contributed by atoms with E-state index in [0.717, 1.165) is 0 Å². The van der Waals surface area contributed by atoms with E-state index < -0.39 is 9.84 Å². The molecule has 1 heterocycles. The highest BCUT2D eigenvalue weighted by atomic mass is 35.5. The van der Waals surface area contributed by atoms with Gasteiger partial charge >= 0.3 is 0 Å². The monoisotopic (exact) mass is 282 g/mol. The molecular formula is C13H13ClNO2S. The average Bonchev–Trinajstić information content (AvgIpc) is 2.27. The second-order valence-electron chi connectivity index (χ2n) is 4.34. The first kappa shape index (κ1) is 13.3. The summed E-state index contributed by atoms with van der Waals surface area (Å²) < 4.78 is 24.5. The van der Waals surface area contributed by atoms with Crippen LogP contribution in [0.1, 0.15) is 6.92 Å². The van der Waals surface area contributed by atoms with E-state index in [4.69, 9.17) is 11.6 Å². The highest BCUT2D eigenvalue weighted by Gasteiger charge is 2.19. The molecule has 3 nitrogen and oxygen atoms in total. The predicted molar refractivity (Wildman–Crippen MR) is 73.3 cm³/mol. The standard InChI is InChI=1S/C13H13ClNO2S/c1-9(2)8-18(16,17)12-5-3-4-11-10(12)6-7-15-13(11)14/h3-7,9H,1,8H2,2H3. The van der Waals surface area contributed by atoms with Gasteiger partial charge in [0.15, 0.2) is 9.84 Å². The molecule has 2 aromatic rings. The van der Waals surface area contributed by atoms with Crippen molar-refractivity contribution < 1.29 is 8.42 Å². The number of pyridine rings is 1. The number of nitrogens with zero attached hydrogens (tertiary/aromatic N) is 1. The fourth-order valence-corrected chi connectivity index (χ4v) is 3.83. The summed E-state index contributed by atoms with van der Waals surface area (Å²) in [4.78, 5) is 4.24. The van der Waals surface area contributed by atoms with Crippen LogP contribution < -0.4 is 0 Å². The smallest absolute Gasteiger partial charge is 0.179 e. The lowest BCUT2D eigenvalue weighted by atomic mass is 10.2. The lowest BCUT2D eigenvalue weighted by Crippen LogP contribution is -2.12. The maximum absolute atomic E-state index is 12.3. The topological polar surface area (TPSA) is 47.0 Å². The van der Waals surface area contributed by atoms with Crippen LogP contribution in [0.5, 0.6) is 0 Å². The van der Waals surface area contributed by atoms with Gasteiger partial charge in [-0.15, -0.1) is 0 Å². The molecule has 0 saturated heterocycles. The third kappa shape index (κ3) is 2.49. The predicted octanol–water partition coefficient (Wildman–Crippen LogP) is 3.13. The highest BCUT2D eigenvalue weighted by Crippen LogP contribution is 2.28. The Morgan fingerprint density at radius 1 is 1.33 bits per heavy atom. The Kier molecular flexibility index (Phi) is 3.59. The van der Waals surface area contributed by atoms with Gasteiger partial charge in [0.2, 0.25) is 0 Å². The van der Waals surface area contributed by atoms with Gasteiger partial charge in [0.1, 0.15) is 5.15 Å². The summed E-state index contributed by atoms with van der Waals surface area (Å²) in [6.07, 6.45) is 1.51. The van der Waals surface area contributed by atoms with Crippen LogP contribution in [0, 0.1) is 12.8 Å². The van der Waals surface area contributed by atoms with Crippen LogP contribution in [0.25, 0.3) is 10.8 Å². The zero-order valence-electron chi connectivity index (χ0n) is 9.93. The summed E-state index contributed by atoms with van der Waals surface area (Å²) in [7, 11) is -3.35. The minimum Gasteiger partial charge on any atom is -0.244 e. The van der Waals surface area contributed by atoms with Gasteiger partial charge in [-0.2, -0.15) is 0 Å². The Bertz CT molecular complexity index is 680. The van der Waals surface area contributed by atoms with Gasteiger partial charge in [0.25, 0.3) is 0 Å². The average molecular weight is 283 g/mol. The Hall–Kier alpha value is -1.13. The Balaban J connectivity index is 2.69. The third-order valence-electron chi connectivity index (χ3n) is 2.56. The van der Waals surface area contributed by atoms with Crippen molar-refractivity contribution in [2.75, 3.05) is 5.75 Å². The second-order valence-corrected chi connectivity index (χ2v) is 6.70. The molecule has 0 fully saturated rings. The molecule has 1 unspecified atom stereocenters. The molecule has 0 N–H and O–H groups in total. The number of benzene rings is 1. The first-order chi connectivity index (χ1) is 8.42. The summed E-state index contributed by atoms with van der Waals surface area (Å²) in [6, 6.07) is 6.70. The van der Waals surface area contributed by atoms with Crippen molar-refractivity contribution in [3.63, 3.8) is 0 Å². The van der Waals surface area contributed by atoms with Crippen molar-refractivity contribution >= 4 is 32.2 Å². The van der Waals surface area contributed by atoms with Crippen molar-refractivity contribution in [3.8, 4) is 0 Å². The Morgan fingerprint density at radius 3 is 2.72 bits per heavy atom. The molecule has 1 radical (unpaired) electrons. The largest absolute Gasteiger partial charge is 0.244 e. The molecule has 0 amide bonds. The molecule has 1 aromatic heterocycles. The van der Waals surface area contributed by atoms with Crippen LogP contribution in [0.3, 0.4) is 0 Å². The first-order valence-corrected chi connectivity index (χ1v) is 7.54. The molecule has 1 atom stereocenters. The van der Waals surface area contributed by atoms with E-state index in [0.29, 0.717) is 20.8 Å². The SMILES string of the molecule is [CH2]C(C)CS(=O)(=O)c1cccc2c(Cl)nccc12. The molecule has 0 bridgehead atoms. The maximum Gasteiger partial charge on any atom is 0.179 e. The van der Waals surface area contributed by atoms with Gasteiger partial charge in [0, 0.05) is 17.0 Å². The summed E-state index contributed by atoms with van der Waals surface area (Å²) in [5, 5.41) is 1.57. The summed E-state index contributed by atoms with van der Waals surface area (Å²) in [6.45, 7) is 5.50. The van der Waals surface area contributed by atoms with Crippen molar-refractivity contribution in [2.24, 2.45) is 5.92 Å². The van der Waals surface area contributed by atoms with E-state index in [9.17, 15) is 8.42 Å². The summed E-state index contributed by atoms with van der Waals surface area (Å²) in [5.74, 6) is -0.144. The van der Waals surface area contributed by atoms with E-state index >= 15 is 0 Å². The van der Waals surface area contributed by atoms with Crippen molar-refractivity contribution in [1.82, 2.24) is 4.98 Å². The molecule has 0 aliphatic rings. The number of halogens is 1. The van der Waals surface area contributed by atoms with Crippen LogP contribution in [0.4, 0.5) is 0 Å². The molecule has 0 spiro atoms. The number of hydrogen-bond donors (Lipinski definition) is 0. The molecule has 18 heavy (non-hydrogen) atoms. The van der Waals surface area contributed by atoms with Gasteiger partial charge in [-0.3, -0.25) is 0 Å². The van der Waals surface area contributed by atoms with Gasteiger partial charge < -0.3 is 0 Å². The normalized spacial score (nSPS) is 12.2. The highest BCUT2D eigenvalue weighted by molar-refractivity contribution is 7.91. The lowest BCUT2D eigenvalue weighted by molar-refractivity contribution is 0.589. The van der Waals surface area contributed by atoms with Crippen molar-refractivity contribution in [2.45, 2.75) is 11.8 Å². The van der Waals surface area contributed by atoms with E-state index in [2.05, 4.69) is 11.9 Å². The minimum absolute atomic E-state index is 0.0199. The van der Waals surface area contributed by atoms with Crippen LogP contribution in [0.15, 0.2) is 35.4 Å². The Morgan fingerprint density at radius 2 is 2.06 bits per heavy atom. The van der Waals surface area contributed by atoms with Crippen LogP contribution >= 0.6 is 11.6 Å². The maximum atomic E-state index is 12.3. The minimum atomic E-state index is -3.35. The van der Waals surface area contributed by atoms with Gasteiger partial charge in [-0.25, -0.2) is 13.4 Å². The first-order valence-electron chi connectivity index (χ1n) is 5.51. The van der Waals surface area contributed by atoms with Crippen molar-refractivity contribution in [1.29, 1.82) is 0 Å². The molecule has 0 saturated carbocycles. The third-order valence-corrected chi connectivity index (χ3v) is 4.89. The van der Waals surface area contributed by atoms with E-state index in [-0.39, 0.29) is 11.7 Å². The molecule has 1 aromatic carbocycles. The van der Waals surface area contributed by atoms with E-state index in [1.54, 1.807) is 31.2 Å². The van der Waals surface area contributed by atoms with Crippen LogP contribution in [-0.4, -0.2) is 19.2 Å². The molecule has 0 aliphatic heterocycles.